The molecule has 0 heterocycles. The second kappa shape index (κ2) is 8.97. The van der Waals surface area contributed by atoms with Gasteiger partial charge < -0.3 is 10.2 Å². The van der Waals surface area contributed by atoms with Crippen molar-refractivity contribution in [1.82, 2.24) is 4.90 Å². The number of hydrogen-bond donors (Lipinski definition) is 1. The fourth-order valence-electron chi connectivity index (χ4n) is 2.09. The molecule has 2 amide bonds. The summed E-state index contributed by atoms with van der Waals surface area (Å²) in [6, 6.07) is 6.77. The van der Waals surface area contributed by atoms with Crippen molar-refractivity contribution in [2.75, 3.05) is 18.4 Å². The van der Waals surface area contributed by atoms with Crippen molar-refractivity contribution < 1.29 is 14.4 Å². The second-order valence-electron chi connectivity index (χ2n) is 5.33. The van der Waals surface area contributed by atoms with Crippen LogP contribution in [0.2, 0.25) is 0 Å². The molecular weight excluding hydrogens is 280 g/mol. The van der Waals surface area contributed by atoms with Crippen LogP contribution in [0.3, 0.4) is 0 Å². The van der Waals surface area contributed by atoms with Crippen molar-refractivity contribution in [3.8, 4) is 0 Å². The zero-order chi connectivity index (χ0) is 16.5. The summed E-state index contributed by atoms with van der Waals surface area (Å²) in [5, 5.41) is 2.73. The first-order chi connectivity index (χ1) is 10.4. The van der Waals surface area contributed by atoms with E-state index in [-0.39, 0.29) is 24.1 Å². The number of rotatable bonds is 8. The monoisotopic (exact) mass is 304 g/mol. The van der Waals surface area contributed by atoms with E-state index < -0.39 is 0 Å². The average molecular weight is 304 g/mol. The molecule has 0 unspecified atom stereocenters. The number of unbranched alkanes of at least 4 members (excludes halogenated alkanes) is 2. The van der Waals surface area contributed by atoms with E-state index in [0.29, 0.717) is 17.8 Å². The molecule has 1 N–H and O–H groups in total. The number of carbonyl (C=O) groups is 3. The van der Waals surface area contributed by atoms with Gasteiger partial charge in [-0.2, -0.15) is 0 Å². The number of nitrogens with one attached hydrogen (secondary N) is 1. The fourth-order valence-corrected chi connectivity index (χ4v) is 2.09. The Morgan fingerprint density at radius 3 is 2.45 bits per heavy atom. The molecule has 0 bridgehead atoms. The summed E-state index contributed by atoms with van der Waals surface area (Å²) in [6.45, 7) is 5.65. The van der Waals surface area contributed by atoms with Gasteiger partial charge in [0.2, 0.25) is 11.8 Å². The Kier molecular flexibility index (Phi) is 7.29. The van der Waals surface area contributed by atoms with Crippen LogP contribution in [0, 0.1) is 0 Å². The molecule has 0 spiro atoms. The highest BCUT2D eigenvalue weighted by molar-refractivity contribution is 5.98. The van der Waals surface area contributed by atoms with Gasteiger partial charge in [-0.1, -0.05) is 31.9 Å². The number of carbonyl (C=O) groups excluding carboxylic acids is 3. The Hall–Kier alpha value is -2.17. The van der Waals surface area contributed by atoms with E-state index in [2.05, 4.69) is 12.2 Å². The van der Waals surface area contributed by atoms with Crippen LogP contribution in [0.4, 0.5) is 5.69 Å². The molecule has 5 nitrogen and oxygen atoms in total. The minimum Gasteiger partial charge on any atom is -0.334 e. The van der Waals surface area contributed by atoms with Gasteiger partial charge in [0, 0.05) is 24.7 Å². The molecule has 0 aliphatic carbocycles. The lowest BCUT2D eigenvalue weighted by Crippen LogP contribution is -2.37. The minimum atomic E-state index is -0.257. The zero-order valence-corrected chi connectivity index (χ0v) is 13.5. The van der Waals surface area contributed by atoms with Gasteiger partial charge in [0.15, 0.2) is 5.78 Å². The van der Waals surface area contributed by atoms with Gasteiger partial charge in [0.05, 0.1) is 6.54 Å². The number of nitrogens with zero attached hydrogens (tertiary/aromatic N) is 1. The number of hydrogen-bond acceptors (Lipinski definition) is 3. The normalized spacial score (nSPS) is 10.1. The topological polar surface area (TPSA) is 66.5 Å². The first-order valence-electron chi connectivity index (χ1n) is 7.60. The summed E-state index contributed by atoms with van der Waals surface area (Å²) in [4.78, 5) is 36.5. The predicted molar refractivity (Wildman–Crippen MR) is 86.9 cm³/mol. The van der Waals surface area contributed by atoms with E-state index in [0.717, 1.165) is 19.3 Å². The molecule has 5 heteroatoms. The summed E-state index contributed by atoms with van der Waals surface area (Å²) in [5.74, 6) is -0.419. The lowest BCUT2D eigenvalue weighted by molar-refractivity contribution is -0.132. The van der Waals surface area contributed by atoms with Gasteiger partial charge in [-0.15, -0.1) is 0 Å². The maximum Gasteiger partial charge on any atom is 0.243 e. The Morgan fingerprint density at radius 2 is 1.86 bits per heavy atom. The van der Waals surface area contributed by atoms with Crippen LogP contribution in [0.15, 0.2) is 24.3 Å². The smallest absolute Gasteiger partial charge is 0.243 e. The summed E-state index contributed by atoms with van der Waals surface area (Å²) in [6.07, 6.45) is 2.99. The summed E-state index contributed by atoms with van der Waals surface area (Å²) < 4.78 is 0. The van der Waals surface area contributed by atoms with Gasteiger partial charge in [-0.05, 0) is 25.5 Å². The van der Waals surface area contributed by atoms with E-state index in [9.17, 15) is 14.4 Å². The van der Waals surface area contributed by atoms with Crippen molar-refractivity contribution in [2.45, 2.75) is 40.0 Å². The molecule has 1 aromatic rings. The van der Waals surface area contributed by atoms with E-state index in [1.165, 1.54) is 13.8 Å². The van der Waals surface area contributed by atoms with E-state index in [1.807, 2.05) is 0 Å². The molecule has 0 saturated carbocycles. The lowest BCUT2D eigenvalue weighted by atomic mass is 10.1. The molecule has 0 radical (unpaired) electrons. The summed E-state index contributed by atoms with van der Waals surface area (Å²) >= 11 is 0. The number of Topliss-reactive ketones (excluding diaryl/α,β-unsaturated/α-hetero) is 1. The molecule has 120 valence electrons. The van der Waals surface area contributed by atoms with Crippen molar-refractivity contribution in [3.05, 3.63) is 29.8 Å². The number of ketones is 1. The quantitative estimate of drug-likeness (QED) is 0.593. The maximum atomic E-state index is 12.1. The molecule has 0 aliphatic heterocycles. The molecular formula is C17H24N2O3. The average Bonchev–Trinajstić information content (AvgIpc) is 2.46. The SMILES string of the molecule is CCCCCN(CC(=O)Nc1cccc(C(C)=O)c1)C(C)=O. The van der Waals surface area contributed by atoms with Crippen molar-refractivity contribution >= 4 is 23.3 Å². The fraction of sp³-hybridized carbons (Fsp3) is 0.471. The van der Waals surface area contributed by atoms with Crippen molar-refractivity contribution in [3.63, 3.8) is 0 Å². The third-order valence-electron chi connectivity index (χ3n) is 3.36. The van der Waals surface area contributed by atoms with Crippen LogP contribution in [0.1, 0.15) is 50.4 Å². The molecule has 0 saturated heterocycles. The Labute approximate surface area is 131 Å². The number of benzene rings is 1. The summed E-state index contributed by atoms with van der Waals surface area (Å²) in [7, 11) is 0. The molecule has 22 heavy (non-hydrogen) atoms. The van der Waals surface area contributed by atoms with Crippen LogP contribution >= 0.6 is 0 Å². The first-order valence-corrected chi connectivity index (χ1v) is 7.60. The van der Waals surface area contributed by atoms with E-state index >= 15 is 0 Å². The van der Waals surface area contributed by atoms with Crippen LogP contribution < -0.4 is 5.32 Å². The molecule has 0 fully saturated rings. The highest BCUT2D eigenvalue weighted by Crippen LogP contribution is 2.11. The molecule has 0 atom stereocenters. The molecule has 0 aliphatic rings. The van der Waals surface area contributed by atoms with Gasteiger partial charge in [-0.25, -0.2) is 0 Å². The van der Waals surface area contributed by atoms with Crippen LogP contribution in [-0.4, -0.2) is 35.6 Å². The third-order valence-corrected chi connectivity index (χ3v) is 3.36. The molecule has 0 aromatic heterocycles. The summed E-state index contributed by atoms with van der Waals surface area (Å²) in [5.41, 5.74) is 1.11. The number of anilines is 1. The minimum absolute atomic E-state index is 0.0311. The zero-order valence-electron chi connectivity index (χ0n) is 13.5. The van der Waals surface area contributed by atoms with Crippen molar-refractivity contribution in [2.24, 2.45) is 0 Å². The Morgan fingerprint density at radius 1 is 1.14 bits per heavy atom. The molecule has 1 rings (SSSR count). The Bertz CT molecular complexity index is 540. The van der Waals surface area contributed by atoms with Gasteiger partial charge in [0.25, 0.3) is 0 Å². The van der Waals surface area contributed by atoms with Gasteiger partial charge in [0.1, 0.15) is 0 Å². The van der Waals surface area contributed by atoms with E-state index in [4.69, 9.17) is 0 Å². The van der Waals surface area contributed by atoms with Gasteiger partial charge >= 0.3 is 0 Å². The second-order valence-corrected chi connectivity index (χ2v) is 5.33. The lowest BCUT2D eigenvalue weighted by Gasteiger charge is -2.20. The number of amides is 2. The van der Waals surface area contributed by atoms with Gasteiger partial charge in [-0.3, -0.25) is 14.4 Å². The highest BCUT2D eigenvalue weighted by Gasteiger charge is 2.13. The highest BCUT2D eigenvalue weighted by atomic mass is 16.2. The first kappa shape index (κ1) is 17.9. The Balaban J connectivity index is 2.61. The van der Waals surface area contributed by atoms with Crippen LogP contribution in [-0.2, 0) is 9.59 Å². The largest absolute Gasteiger partial charge is 0.334 e. The van der Waals surface area contributed by atoms with Crippen LogP contribution in [0.5, 0.6) is 0 Å². The van der Waals surface area contributed by atoms with Crippen molar-refractivity contribution in [1.29, 1.82) is 0 Å². The maximum absolute atomic E-state index is 12.1. The van der Waals surface area contributed by atoms with Crippen LogP contribution in [0.25, 0.3) is 0 Å². The third kappa shape index (κ3) is 6.08. The van der Waals surface area contributed by atoms with E-state index in [1.54, 1.807) is 29.2 Å². The molecule has 1 aromatic carbocycles. The predicted octanol–water partition coefficient (Wildman–Crippen LogP) is 2.87. The standard InChI is InChI=1S/C17H24N2O3/c1-4-5-6-10-19(14(3)21)12-17(22)18-16-9-7-8-15(11-16)13(2)20/h7-9,11H,4-6,10,12H2,1-3H3,(H,18,22).